The Morgan fingerprint density at radius 2 is 2.05 bits per heavy atom. The maximum Gasteiger partial charge on any atom is 0.405 e. The third kappa shape index (κ3) is 5.20. The van der Waals surface area contributed by atoms with Gasteiger partial charge in [0.05, 0.1) is 12.3 Å². The molecule has 0 aliphatic rings. The Morgan fingerprint density at radius 3 is 2.57 bits per heavy atom. The Morgan fingerprint density at radius 1 is 1.38 bits per heavy atom. The van der Waals surface area contributed by atoms with Crippen LogP contribution in [0.2, 0.25) is 0 Å². The summed E-state index contributed by atoms with van der Waals surface area (Å²) in [6.07, 6.45) is -4.24. The first-order valence-electron chi connectivity index (χ1n) is 6.84. The van der Waals surface area contributed by atoms with Crippen molar-refractivity contribution in [3.05, 3.63) is 11.3 Å². The Kier molecular flexibility index (Phi) is 6.47. The van der Waals surface area contributed by atoms with Crippen molar-refractivity contribution >= 4 is 5.82 Å². The number of rotatable bonds is 8. The van der Waals surface area contributed by atoms with E-state index in [1.54, 1.807) is 28.0 Å². The van der Waals surface area contributed by atoms with Crippen molar-refractivity contribution in [3.63, 3.8) is 0 Å². The summed E-state index contributed by atoms with van der Waals surface area (Å²) in [5, 5.41) is 7.40. The van der Waals surface area contributed by atoms with Crippen LogP contribution in [0.3, 0.4) is 0 Å². The fourth-order valence-corrected chi connectivity index (χ4v) is 2.23. The molecule has 8 heteroatoms. The largest absolute Gasteiger partial charge is 0.405 e. The minimum atomic E-state index is -4.24. The highest BCUT2D eigenvalue weighted by molar-refractivity contribution is 5.50. The molecule has 0 spiro atoms. The van der Waals surface area contributed by atoms with Crippen molar-refractivity contribution in [2.24, 2.45) is 7.05 Å². The molecule has 1 aromatic rings. The number of methoxy groups -OCH3 is 1. The summed E-state index contributed by atoms with van der Waals surface area (Å²) in [6, 6.07) is 0. The zero-order valence-electron chi connectivity index (χ0n) is 12.9. The van der Waals surface area contributed by atoms with Crippen LogP contribution in [0, 0.1) is 6.92 Å². The molecule has 0 radical (unpaired) electrons. The van der Waals surface area contributed by atoms with Gasteiger partial charge < -0.3 is 15.0 Å². The minimum Gasteiger partial charge on any atom is -0.383 e. The first kappa shape index (κ1) is 17.8. The van der Waals surface area contributed by atoms with Gasteiger partial charge in [-0.3, -0.25) is 4.68 Å². The van der Waals surface area contributed by atoms with Gasteiger partial charge in [-0.2, -0.15) is 18.3 Å². The van der Waals surface area contributed by atoms with Gasteiger partial charge >= 0.3 is 6.18 Å². The van der Waals surface area contributed by atoms with Crippen LogP contribution in [0.15, 0.2) is 0 Å². The van der Waals surface area contributed by atoms with Gasteiger partial charge in [0.25, 0.3) is 0 Å². The van der Waals surface area contributed by atoms with Crippen molar-refractivity contribution in [1.29, 1.82) is 0 Å². The van der Waals surface area contributed by atoms with E-state index in [-0.39, 0.29) is 6.54 Å². The molecule has 0 bridgehead atoms. The maximum absolute atomic E-state index is 12.7. The highest BCUT2D eigenvalue weighted by Crippen LogP contribution is 2.26. The summed E-state index contributed by atoms with van der Waals surface area (Å²) in [6.45, 7) is 4.45. The lowest BCUT2D eigenvalue weighted by molar-refractivity contribution is -0.119. The molecule has 1 rings (SSSR count). The van der Waals surface area contributed by atoms with Crippen LogP contribution in [0.25, 0.3) is 0 Å². The van der Waals surface area contributed by atoms with Gasteiger partial charge in [0.2, 0.25) is 0 Å². The number of halogens is 3. The van der Waals surface area contributed by atoms with E-state index in [4.69, 9.17) is 4.74 Å². The molecule has 0 unspecified atom stereocenters. The lowest BCUT2D eigenvalue weighted by Gasteiger charge is -2.25. The Hall–Kier alpha value is -1.28. The van der Waals surface area contributed by atoms with Crippen LogP contribution in [-0.2, 0) is 18.3 Å². The molecular weight excluding hydrogens is 285 g/mol. The van der Waals surface area contributed by atoms with Crippen molar-refractivity contribution < 1.29 is 17.9 Å². The van der Waals surface area contributed by atoms with E-state index in [9.17, 15) is 13.2 Å². The molecule has 5 nitrogen and oxygen atoms in total. The lowest BCUT2D eigenvalue weighted by atomic mass is 10.2. The number of aromatic nitrogens is 2. The van der Waals surface area contributed by atoms with E-state index in [0.29, 0.717) is 25.5 Å². The van der Waals surface area contributed by atoms with E-state index in [0.717, 1.165) is 11.3 Å². The average molecular weight is 308 g/mol. The number of alkyl halides is 3. The molecule has 0 aliphatic heterocycles. The molecule has 0 aliphatic carbocycles. The van der Waals surface area contributed by atoms with E-state index in [1.165, 1.54) is 9.58 Å². The number of nitrogens with zero attached hydrogens (tertiary/aromatic N) is 3. The third-order valence-electron chi connectivity index (χ3n) is 3.15. The van der Waals surface area contributed by atoms with E-state index in [1.807, 2.05) is 0 Å². The predicted molar refractivity (Wildman–Crippen MR) is 75.5 cm³/mol. The molecule has 1 heterocycles. The molecule has 21 heavy (non-hydrogen) atoms. The quantitative estimate of drug-likeness (QED) is 0.744. The summed E-state index contributed by atoms with van der Waals surface area (Å²) in [7, 11) is 3.27. The molecule has 0 fully saturated rings. The second-order valence-electron chi connectivity index (χ2n) is 4.81. The van der Waals surface area contributed by atoms with Gasteiger partial charge in [0.1, 0.15) is 12.4 Å². The zero-order valence-corrected chi connectivity index (χ0v) is 12.9. The second-order valence-corrected chi connectivity index (χ2v) is 4.81. The summed E-state index contributed by atoms with van der Waals surface area (Å²) in [4.78, 5) is 1.30. The van der Waals surface area contributed by atoms with E-state index < -0.39 is 12.7 Å². The van der Waals surface area contributed by atoms with Gasteiger partial charge in [-0.05, 0) is 13.8 Å². The number of ether oxygens (including phenoxy) is 1. The smallest absolute Gasteiger partial charge is 0.383 e. The van der Waals surface area contributed by atoms with Gasteiger partial charge in [-0.1, -0.05) is 0 Å². The van der Waals surface area contributed by atoms with Crippen LogP contribution in [-0.4, -0.2) is 49.3 Å². The monoisotopic (exact) mass is 308 g/mol. The predicted octanol–water partition coefficient (Wildman–Crippen LogP) is 1.85. The van der Waals surface area contributed by atoms with Gasteiger partial charge in [0.15, 0.2) is 0 Å². The Balaban J connectivity index is 2.93. The molecular formula is C13H23F3N4O. The molecule has 0 atom stereocenters. The van der Waals surface area contributed by atoms with Crippen molar-refractivity contribution in [2.45, 2.75) is 26.6 Å². The highest BCUT2D eigenvalue weighted by atomic mass is 19.4. The van der Waals surface area contributed by atoms with E-state index >= 15 is 0 Å². The van der Waals surface area contributed by atoms with Crippen LogP contribution >= 0.6 is 0 Å². The fraction of sp³-hybridized carbons (Fsp3) is 0.769. The summed E-state index contributed by atoms with van der Waals surface area (Å²) in [5.74, 6) is 0.511. The maximum atomic E-state index is 12.7. The molecule has 0 aromatic carbocycles. The molecule has 0 amide bonds. The van der Waals surface area contributed by atoms with Gasteiger partial charge in [0, 0.05) is 39.4 Å². The minimum absolute atomic E-state index is 0.267. The Bertz CT molecular complexity index is 445. The molecule has 122 valence electrons. The molecule has 0 saturated carbocycles. The normalized spacial score (nSPS) is 12.0. The van der Waals surface area contributed by atoms with Crippen LogP contribution in [0.1, 0.15) is 18.2 Å². The topological polar surface area (TPSA) is 42.3 Å². The number of nitrogens with one attached hydrogen (secondary N) is 1. The molecule has 0 saturated heterocycles. The number of hydrogen-bond donors (Lipinski definition) is 1. The number of anilines is 1. The SMILES string of the molecule is CCN(CC(F)(F)F)c1c(CNCCOC)c(C)nn1C. The van der Waals surface area contributed by atoms with Gasteiger partial charge in [-0.25, -0.2) is 0 Å². The van der Waals surface area contributed by atoms with Crippen LogP contribution in [0.4, 0.5) is 19.0 Å². The first-order chi connectivity index (χ1) is 9.80. The second kappa shape index (κ2) is 7.65. The van der Waals surface area contributed by atoms with Crippen LogP contribution < -0.4 is 10.2 Å². The fourth-order valence-electron chi connectivity index (χ4n) is 2.23. The first-order valence-corrected chi connectivity index (χ1v) is 6.84. The van der Waals surface area contributed by atoms with Crippen molar-refractivity contribution in [2.75, 3.05) is 38.3 Å². The average Bonchev–Trinajstić information content (AvgIpc) is 2.65. The standard InChI is InChI=1S/C13H23F3N4O/c1-5-20(9-13(14,15)16)12-11(8-17-6-7-21-4)10(2)18-19(12)3/h17H,5-9H2,1-4H3. The van der Waals surface area contributed by atoms with Crippen molar-refractivity contribution in [3.8, 4) is 0 Å². The molecule has 1 N–H and O–H groups in total. The van der Waals surface area contributed by atoms with Gasteiger partial charge in [-0.15, -0.1) is 0 Å². The van der Waals surface area contributed by atoms with E-state index in [2.05, 4.69) is 10.4 Å². The lowest BCUT2D eigenvalue weighted by Crippen LogP contribution is -2.36. The summed E-state index contributed by atoms with van der Waals surface area (Å²) >= 11 is 0. The third-order valence-corrected chi connectivity index (χ3v) is 3.15. The number of aryl methyl sites for hydroxylation is 2. The zero-order chi connectivity index (χ0) is 16.0. The highest BCUT2D eigenvalue weighted by Gasteiger charge is 2.32. The summed E-state index contributed by atoms with van der Waals surface area (Å²) < 4.78 is 44.5. The number of hydrogen-bond acceptors (Lipinski definition) is 4. The van der Waals surface area contributed by atoms with Crippen molar-refractivity contribution in [1.82, 2.24) is 15.1 Å². The van der Waals surface area contributed by atoms with Crippen LogP contribution in [0.5, 0.6) is 0 Å². The Labute approximate surface area is 123 Å². The summed E-state index contributed by atoms with van der Waals surface area (Å²) in [5.41, 5.74) is 1.53. The molecule has 1 aromatic heterocycles.